The molecule has 33 heavy (non-hydrogen) atoms. The molecule has 0 unspecified atom stereocenters. The molecule has 0 aliphatic carbocycles. The summed E-state index contributed by atoms with van der Waals surface area (Å²) in [7, 11) is -3.75. The molecule has 0 bridgehead atoms. The molecule has 7 nitrogen and oxygen atoms in total. The third kappa shape index (κ3) is 5.45. The molecule has 2 aromatic heterocycles. The largest absolute Gasteiger partial charge is 0.370 e. The Kier molecular flexibility index (Phi) is 7.47. The number of halogens is 4. The van der Waals surface area contributed by atoms with E-state index >= 15 is 0 Å². The fourth-order valence-corrected chi connectivity index (χ4v) is 5.58. The van der Waals surface area contributed by atoms with Crippen LogP contribution < -0.4 is 10.0 Å². The second-order valence-electron chi connectivity index (χ2n) is 6.99. The van der Waals surface area contributed by atoms with Crippen molar-refractivity contribution in [3.63, 3.8) is 0 Å². The lowest BCUT2D eigenvalue weighted by Gasteiger charge is -2.12. The van der Waals surface area contributed by atoms with Crippen LogP contribution in [-0.4, -0.2) is 36.1 Å². The molecule has 0 fully saturated rings. The van der Waals surface area contributed by atoms with Crippen molar-refractivity contribution < 1.29 is 8.42 Å². The summed E-state index contributed by atoms with van der Waals surface area (Å²) in [6.07, 6.45) is 2.17. The Balaban J connectivity index is 1.46. The highest BCUT2D eigenvalue weighted by Gasteiger charge is 2.18. The Bertz CT molecular complexity index is 1430. The number of nitrogens with zero attached hydrogens (tertiary/aromatic N) is 3. The molecule has 0 atom stereocenters. The van der Waals surface area contributed by atoms with Crippen molar-refractivity contribution in [2.75, 3.05) is 18.4 Å². The van der Waals surface area contributed by atoms with Gasteiger partial charge in [0, 0.05) is 34.8 Å². The average Bonchev–Trinajstić information content (AvgIpc) is 3.14. The third-order valence-electron chi connectivity index (χ3n) is 4.71. The molecule has 0 radical (unpaired) electrons. The van der Waals surface area contributed by atoms with Crippen molar-refractivity contribution in [3.8, 4) is 11.3 Å². The molecule has 4 rings (SSSR count). The van der Waals surface area contributed by atoms with Gasteiger partial charge < -0.3 is 5.32 Å². The van der Waals surface area contributed by atoms with Gasteiger partial charge in [-0.1, -0.05) is 53.0 Å². The van der Waals surface area contributed by atoms with Gasteiger partial charge in [-0.3, -0.25) is 0 Å². The van der Waals surface area contributed by atoms with Crippen LogP contribution in [0.2, 0.25) is 15.1 Å². The Morgan fingerprint density at radius 2 is 1.79 bits per heavy atom. The van der Waals surface area contributed by atoms with E-state index in [0.29, 0.717) is 40.2 Å². The lowest BCUT2D eigenvalue weighted by atomic mass is 10.1. The highest BCUT2D eigenvalue weighted by atomic mass is 79.9. The maximum atomic E-state index is 12.5. The van der Waals surface area contributed by atoms with Gasteiger partial charge in [0.1, 0.15) is 10.7 Å². The first-order valence-electron chi connectivity index (χ1n) is 9.74. The molecule has 12 heteroatoms. The minimum atomic E-state index is -3.75. The lowest BCUT2D eigenvalue weighted by Crippen LogP contribution is -2.26. The molecule has 0 aliphatic heterocycles. The van der Waals surface area contributed by atoms with Crippen LogP contribution >= 0.6 is 50.7 Å². The maximum absolute atomic E-state index is 12.5. The number of nitrogens with one attached hydrogen (secondary N) is 2. The topological polar surface area (TPSA) is 88.4 Å². The molecule has 0 amide bonds. The van der Waals surface area contributed by atoms with E-state index in [1.54, 1.807) is 16.8 Å². The normalized spacial score (nSPS) is 11.8. The SMILES string of the molecule is O=S(=O)(NCCCNc1cc(-c2ccccc2Cl)nc2c(Br)cnn12)c1ccc(Cl)cc1Cl. The Morgan fingerprint density at radius 1 is 1.00 bits per heavy atom. The third-order valence-corrected chi connectivity index (χ3v) is 7.78. The van der Waals surface area contributed by atoms with E-state index in [2.05, 4.69) is 36.1 Å². The number of aromatic nitrogens is 3. The van der Waals surface area contributed by atoms with E-state index in [4.69, 9.17) is 34.8 Å². The summed E-state index contributed by atoms with van der Waals surface area (Å²) in [5.41, 5.74) is 2.12. The summed E-state index contributed by atoms with van der Waals surface area (Å²) in [5.74, 6) is 0.698. The van der Waals surface area contributed by atoms with Gasteiger partial charge in [0.25, 0.3) is 0 Å². The van der Waals surface area contributed by atoms with Crippen molar-refractivity contribution in [2.24, 2.45) is 0 Å². The van der Waals surface area contributed by atoms with Crippen LogP contribution in [0.5, 0.6) is 0 Å². The van der Waals surface area contributed by atoms with Crippen LogP contribution in [-0.2, 0) is 10.0 Å². The van der Waals surface area contributed by atoms with E-state index in [1.807, 2.05) is 24.3 Å². The monoisotopic (exact) mass is 587 g/mol. The second kappa shape index (κ2) is 10.2. The van der Waals surface area contributed by atoms with Crippen molar-refractivity contribution in [2.45, 2.75) is 11.3 Å². The van der Waals surface area contributed by atoms with Crippen molar-refractivity contribution in [3.05, 3.63) is 74.3 Å². The molecule has 0 aliphatic rings. The van der Waals surface area contributed by atoms with Crippen molar-refractivity contribution in [1.82, 2.24) is 19.3 Å². The summed E-state index contributed by atoms with van der Waals surface area (Å²) in [4.78, 5) is 4.66. The highest BCUT2D eigenvalue weighted by Crippen LogP contribution is 2.30. The van der Waals surface area contributed by atoms with Gasteiger partial charge in [-0.15, -0.1) is 0 Å². The van der Waals surface area contributed by atoms with Crippen LogP contribution in [0.15, 0.2) is 64.1 Å². The van der Waals surface area contributed by atoms with Crippen molar-refractivity contribution in [1.29, 1.82) is 0 Å². The number of anilines is 1. The van der Waals surface area contributed by atoms with Crippen LogP contribution in [0, 0.1) is 0 Å². The number of sulfonamides is 1. The summed E-state index contributed by atoms with van der Waals surface area (Å²) >= 11 is 21.7. The fourth-order valence-electron chi connectivity index (χ4n) is 3.15. The second-order valence-corrected chi connectivity index (χ2v) is 10.8. The van der Waals surface area contributed by atoms with Gasteiger partial charge in [-0.2, -0.15) is 9.61 Å². The summed E-state index contributed by atoms with van der Waals surface area (Å²) < 4.78 is 30.0. The number of hydrogen-bond donors (Lipinski definition) is 2. The first-order chi connectivity index (χ1) is 15.8. The molecule has 2 aromatic carbocycles. The molecule has 0 spiro atoms. The molecular weight excluding hydrogens is 573 g/mol. The van der Waals surface area contributed by atoms with Crippen molar-refractivity contribution >= 4 is 72.2 Å². The molecule has 172 valence electrons. The van der Waals surface area contributed by atoms with Crippen LogP contribution in [0.1, 0.15) is 6.42 Å². The van der Waals surface area contributed by atoms with Gasteiger partial charge in [0.15, 0.2) is 5.65 Å². The zero-order valence-electron chi connectivity index (χ0n) is 16.9. The predicted molar refractivity (Wildman–Crippen MR) is 136 cm³/mol. The van der Waals surface area contributed by atoms with Gasteiger partial charge in [-0.05, 0) is 46.6 Å². The van der Waals surface area contributed by atoms with Gasteiger partial charge in [-0.25, -0.2) is 18.1 Å². The van der Waals surface area contributed by atoms with E-state index in [1.165, 1.54) is 18.2 Å². The van der Waals surface area contributed by atoms with E-state index < -0.39 is 10.0 Å². The Morgan fingerprint density at radius 3 is 2.55 bits per heavy atom. The Labute approximate surface area is 214 Å². The quantitative estimate of drug-likeness (QED) is 0.250. The number of fused-ring (bicyclic) bond motifs is 1. The first-order valence-corrected chi connectivity index (χ1v) is 13.1. The minimum absolute atomic E-state index is 0.0110. The van der Waals surface area contributed by atoms with E-state index in [0.717, 1.165) is 10.0 Å². The number of benzene rings is 2. The van der Waals surface area contributed by atoms with Gasteiger partial charge >= 0.3 is 0 Å². The fraction of sp³-hybridized carbons (Fsp3) is 0.143. The summed E-state index contributed by atoms with van der Waals surface area (Å²) in [6, 6.07) is 13.6. The lowest BCUT2D eigenvalue weighted by molar-refractivity contribution is 0.580. The van der Waals surface area contributed by atoms with Crippen LogP contribution in [0.25, 0.3) is 16.9 Å². The molecule has 0 saturated carbocycles. The van der Waals surface area contributed by atoms with Gasteiger partial charge in [0.05, 0.1) is 21.4 Å². The molecule has 0 saturated heterocycles. The van der Waals surface area contributed by atoms with E-state index in [9.17, 15) is 8.42 Å². The highest BCUT2D eigenvalue weighted by molar-refractivity contribution is 9.10. The van der Waals surface area contributed by atoms with E-state index in [-0.39, 0.29) is 16.5 Å². The zero-order valence-corrected chi connectivity index (χ0v) is 21.6. The molecule has 4 aromatic rings. The molecule has 2 N–H and O–H groups in total. The maximum Gasteiger partial charge on any atom is 0.242 e. The van der Waals surface area contributed by atoms with Crippen LogP contribution in [0.4, 0.5) is 5.82 Å². The molecule has 2 heterocycles. The summed E-state index contributed by atoms with van der Waals surface area (Å²) in [6.45, 7) is 0.693. The number of hydrogen-bond acceptors (Lipinski definition) is 5. The smallest absolute Gasteiger partial charge is 0.242 e. The predicted octanol–water partition coefficient (Wildman–Crippen LogP) is 5.90. The first kappa shape index (κ1) is 24.3. The minimum Gasteiger partial charge on any atom is -0.370 e. The average molecular weight is 590 g/mol. The summed E-state index contributed by atoms with van der Waals surface area (Å²) in [5, 5.41) is 8.67. The number of rotatable bonds is 8. The standard InChI is InChI=1S/C21H17BrCl3N5O2S/c22-15-12-27-30-20(11-18(29-21(15)30)14-4-1-2-5-16(14)24)26-8-3-9-28-33(31,32)19-7-6-13(23)10-17(19)25/h1-2,4-7,10-12,26,28H,3,8-9H2. The van der Waals surface area contributed by atoms with Crippen LogP contribution in [0.3, 0.4) is 0 Å². The van der Waals surface area contributed by atoms with Gasteiger partial charge in [0.2, 0.25) is 10.0 Å². The Hall–Kier alpha value is -1.88. The zero-order chi connectivity index (χ0) is 23.6. The molecular formula is C21H17BrCl3N5O2S.